The Morgan fingerprint density at radius 1 is 1.05 bits per heavy atom. The maximum atomic E-state index is 12.1. The van der Waals surface area contributed by atoms with E-state index in [9.17, 15) is 8.42 Å². The molecule has 38 heavy (non-hydrogen) atoms. The molecule has 2 N–H and O–H groups in total. The number of aromatic nitrogens is 3. The summed E-state index contributed by atoms with van der Waals surface area (Å²) in [4.78, 5) is 10.9. The highest BCUT2D eigenvalue weighted by Crippen LogP contribution is 2.45. The standard InChI is InChI=1S/C27H28N6O3S2/c1-17-14-21(18(2)32(17)20-8-7-12-28-16-20)26-25(22-9-5-6-13-29-22)30-27(37)33(26)19-10-11-24(36-3)23(15-19)31-38(4,34)35/h5-16,25-26,31H,1-4H3,(H,30,37)/t25-,26+/m0/s1. The lowest BCUT2D eigenvalue weighted by Crippen LogP contribution is -2.29. The predicted octanol–water partition coefficient (Wildman–Crippen LogP) is 4.44. The molecule has 2 atom stereocenters. The van der Waals surface area contributed by atoms with Gasteiger partial charge in [0.1, 0.15) is 5.75 Å². The zero-order chi connectivity index (χ0) is 27.0. The summed E-state index contributed by atoms with van der Waals surface area (Å²) in [6, 6.07) is 16.7. The maximum Gasteiger partial charge on any atom is 0.229 e. The first-order valence-electron chi connectivity index (χ1n) is 11.9. The van der Waals surface area contributed by atoms with Crippen LogP contribution in [0.4, 0.5) is 11.4 Å². The normalized spacial score (nSPS) is 17.4. The third kappa shape index (κ3) is 4.82. The van der Waals surface area contributed by atoms with Crippen LogP contribution in [0.2, 0.25) is 0 Å². The van der Waals surface area contributed by atoms with Gasteiger partial charge < -0.3 is 19.5 Å². The van der Waals surface area contributed by atoms with Gasteiger partial charge in [-0.25, -0.2) is 8.42 Å². The number of ether oxygens (including phenoxy) is 1. The van der Waals surface area contributed by atoms with Crippen molar-refractivity contribution in [1.82, 2.24) is 19.9 Å². The number of rotatable bonds is 7. The van der Waals surface area contributed by atoms with Crippen molar-refractivity contribution in [3.63, 3.8) is 0 Å². The highest BCUT2D eigenvalue weighted by molar-refractivity contribution is 7.92. The van der Waals surface area contributed by atoms with Gasteiger partial charge in [-0.2, -0.15) is 0 Å². The summed E-state index contributed by atoms with van der Waals surface area (Å²) in [7, 11) is -2.04. The molecule has 0 radical (unpaired) electrons. The van der Waals surface area contributed by atoms with Gasteiger partial charge in [0, 0.05) is 29.5 Å². The largest absolute Gasteiger partial charge is 0.495 e. The van der Waals surface area contributed by atoms with Crippen LogP contribution in [0.25, 0.3) is 5.69 Å². The molecule has 5 rings (SSSR count). The Kier molecular flexibility index (Phi) is 6.80. The maximum absolute atomic E-state index is 12.1. The van der Waals surface area contributed by atoms with Crippen LogP contribution in [-0.2, 0) is 10.0 Å². The summed E-state index contributed by atoms with van der Waals surface area (Å²) >= 11 is 5.87. The van der Waals surface area contributed by atoms with Gasteiger partial charge in [0.05, 0.1) is 48.7 Å². The fourth-order valence-electron chi connectivity index (χ4n) is 5.04. The number of hydrogen-bond acceptors (Lipinski definition) is 6. The molecule has 0 amide bonds. The molecule has 4 heterocycles. The molecule has 0 unspecified atom stereocenters. The first-order valence-corrected chi connectivity index (χ1v) is 14.2. The van der Waals surface area contributed by atoms with E-state index in [4.69, 9.17) is 17.0 Å². The lowest BCUT2D eigenvalue weighted by molar-refractivity contribution is 0.417. The van der Waals surface area contributed by atoms with E-state index in [1.807, 2.05) is 47.5 Å². The van der Waals surface area contributed by atoms with Crippen LogP contribution in [0.3, 0.4) is 0 Å². The van der Waals surface area contributed by atoms with Gasteiger partial charge in [-0.05, 0) is 80.2 Å². The molecule has 0 spiro atoms. The van der Waals surface area contributed by atoms with Crippen LogP contribution < -0.4 is 19.7 Å². The van der Waals surface area contributed by atoms with Gasteiger partial charge in [0.2, 0.25) is 10.0 Å². The van der Waals surface area contributed by atoms with E-state index in [2.05, 4.69) is 44.5 Å². The molecule has 11 heteroatoms. The molecule has 0 saturated carbocycles. The monoisotopic (exact) mass is 548 g/mol. The van der Waals surface area contributed by atoms with Crippen LogP contribution in [0, 0.1) is 13.8 Å². The van der Waals surface area contributed by atoms with Gasteiger partial charge in [-0.3, -0.25) is 14.7 Å². The van der Waals surface area contributed by atoms with Crippen molar-refractivity contribution in [3.8, 4) is 11.4 Å². The lowest BCUT2D eigenvalue weighted by Gasteiger charge is -2.29. The molecule has 1 aliphatic rings. The Bertz CT molecular complexity index is 1590. The van der Waals surface area contributed by atoms with Gasteiger partial charge in [-0.1, -0.05) is 6.07 Å². The molecule has 1 fully saturated rings. The Hall–Kier alpha value is -3.96. The lowest BCUT2D eigenvalue weighted by atomic mass is 9.96. The second-order valence-corrected chi connectivity index (χ2v) is 11.3. The van der Waals surface area contributed by atoms with Crippen LogP contribution in [0.1, 0.15) is 34.7 Å². The molecule has 196 valence electrons. The van der Waals surface area contributed by atoms with Gasteiger partial charge in [-0.15, -0.1) is 0 Å². The summed E-state index contributed by atoms with van der Waals surface area (Å²) < 4.78 is 34.3. The number of anilines is 2. The van der Waals surface area contributed by atoms with E-state index >= 15 is 0 Å². The first-order chi connectivity index (χ1) is 18.2. The molecule has 4 aromatic rings. The average Bonchev–Trinajstić information content (AvgIpc) is 3.39. The van der Waals surface area contributed by atoms with E-state index < -0.39 is 10.0 Å². The summed E-state index contributed by atoms with van der Waals surface area (Å²) in [6.45, 7) is 4.14. The summed E-state index contributed by atoms with van der Waals surface area (Å²) in [5.74, 6) is 0.407. The van der Waals surface area contributed by atoms with Crippen LogP contribution in [-0.4, -0.2) is 41.4 Å². The predicted molar refractivity (Wildman–Crippen MR) is 152 cm³/mol. The summed E-state index contributed by atoms with van der Waals surface area (Å²) in [5, 5.41) is 3.97. The molecule has 3 aromatic heterocycles. The number of benzene rings is 1. The number of hydrogen-bond donors (Lipinski definition) is 2. The zero-order valence-corrected chi connectivity index (χ0v) is 23.0. The summed E-state index contributed by atoms with van der Waals surface area (Å²) in [6.07, 6.45) is 6.46. The van der Waals surface area contributed by atoms with Gasteiger partial charge >= 0.3 is 0 Å². The van der Waals surface area contributed by atoms with Crippen molar-refractivity contribution < 1.29 is 13.2 Å². The molecule has 1 aliphatic heterocycles. The van der Waals surface area contributed by atoms with E-state index in [1.54, 1.807) is 24.5 Å². The third-order valence-corrected chi connectivity index (χ3v) is 7.45. The van der Waals surface area contributed by atoms with Crippen molar-refractivity contribution in [1.29, 1.82) is 0 Å². The van der Waals surface area contributed by atoms with Crippen molar-refractivity contribution in [2.24, 2.45) is 0 Å². The highest BCUT2D eigenvalue weighted by Gasteiger charge is 2.42. The third-order valence-electron chi connectivity index (χ3n) is 6.55. The molecule has 9 nitrogen and oxygen atoms in total. The molecular weight excluding hydrogens is 520 g/mol. The number of thiocarbonyl (C=S) groups is 1. The van der Waals surface area contributed by atoms with Crippen LogP contribution in [0.5, 0.6) is 5.75 Å². The van der Waals surface area contributed by atoms with Gasteiger partial charge in [0.25, 0.3) is 0 Å². The second-order valence-electron chi connectivity index (χ2n) is 9.13. The number of aryl methyl sites for hydroxylation is 1. The number of sulfonamides is 1. The number of methoxy groups -OCH3 is 1. The minimum atomic E-state index is -3.54. The quantitative estimate of drug-likeness (QED) is 0.327. The molecule has 1 saturated heterocycles. The Morgan fingerprint density at radius 3 is 2.53 bits per heavy atom. The molecule has 0 aliphatic carbocycles. The average molecular weight is 549 g/mol. The summed E-state index contributed by atoms with van der Waals surface area (Å²) in [5.41, 5.74) is 6.00. The Labute approximate surface area is 227 Å². The van der Waals surface area contributed by atoms with E-state index in [0.717, 1.165) is 34.6 Å². The molecule has 1 aromatic carbocycles. The number of nitrogens with zero attached hydrogens (tertiary/aromatic N) is 4. The first kappa shape index (κ1) is 25.7. The fraction of sp³-hybridized carbons (Fsp3) is 0.222. The van der Waals surface area contributed by atoms with Gasteiger partial charge in [0.15, 0.2) is 5.11 Å². The number of nitrogens with one attached hydrogen (secondary N) is 2. The smallest absolute Gasteiger partial charge is 0.229 e. The van der Waals surface area contributed by atoms with E-state index in [1.165, 1.54) is 7.11 Å². The second kappa shape index (κ2) is 10.1. The van der Waals surface area contributed by atoms with Crippen molar-refractivity contribution in [2.75, 3.05) is 23.0 Å². The van der Waals surface area contributed by atoms with Crippen molar-refractivity contribution in [2.45, 2.75) is 25.9 Å². The topological polar surface area (TPSA) is 101 Å². The molecule has 0 bridgehead atoms. The Morgan fingerprint density at radius 2 is 1.87 bits per heavy atom. The minimum Gasteiger partial charge on any atom is -0.495 e. The Balaban J connectivity index is 1.68. The van der Waals surface area contributed by atoms with E-state index in [-0.39, 0.29) is 12.1 Å². The van der Waals surface area contributed by atoms with Crippen LogP contribution in [0.15, 0.2) is 73.2 Å². The SMILES string of the molecule is COc1ccc(N2C(=S)N[C@@H](c3ccccn3)[C@H]2c2cc(C)n(-c3cccnc3)c2C)cc1NS(C)(=O)=O. The van der Waals surface area contributed by atoms with Crippen molar-refractivity contribution >= 4 is 38.7 Å². The van der Waals surface area contributed by atoms with Crippen LogP contribution >= 0.6 is 12.2 Å². The van der Waals surface area contributed by atoms with E-state index in [0.29, 0.717) is 22.2 Å². The number of pyridine rings is 2. The minimum absolute atomic E-state index is 0.250. The zero-order valence-electron chi connectivity index (χ0n) is 21.4. The van der Waals surface area contributed by atoms with Crippen molar-refractivity contribution in [3.05, 3.63) is 95.8 Å². The highest BCUT2D eigenvalue weighted by atomic mass is 32.2. The molecular formula is C27H28N6O3S2. The fourth-order valence-corrected chi connectivity index (χ4v) is 5.95.